The van der Waals surface area contributed by atoms with Crippen molar-refractivity contribution in [3.05, 3.63) is 74.9 Å². The van der Waals surface area contributed by atoms with Crippen LogP contribution in [0.3, 0.4) is 0 Å². The van der Waals surface area contributed by atoms with Crippen LogP contribution in [0.2, 0.25) is 5.02 Å². The highest BCUT2D eigenvalue weighted by atomic mass is 35.5. The summed E-state index contributed by atoms with van der Waals surface area (Å²) < 4.78 is 3.60. The molecule has 0 spiro atoms. The molecule has 0 aliphatic carbocycles. The number of halogens is 1. The third kappa shape index (κ3) is 3.22. The minimum atomic E-state index is -0.0440. The molecule has 4 rings (SSSR count). The summed E-state index contributed by atoms with van der Waals surface area (Å²) in [5.41, 5.74) is 2.56. The van der Waals surface area contributed by atoms with Crippen LogP contribution in [-0.2, 0) is 5.75 Å². The molecule has 1 aromatic carbocycles. The summed E-state index contributed by atoms with van der Waals surface area (Å²) in [5.74, 6) is 0.570. The Morgan fingerprint density at radius 1 is 1.32 bits per heavy atom. The van der Waals surface area contributed by atoms with Crippen LogP contribution >= 0.6 is 34.7 Å². The van der Waals surface area contributed by atoms with Gasteiger partial charge in [0.1, 0.15) is 0 Å². The van der Waals surface area contributed by atoms with Gasteiger partial charge in [0.25, 0.3) is 5.56 Å². The van der Waals surface area contributed by atoms with Crippen LogP contribution in [0.4, 0.5) is 0 Å². The molecule has 0 bridgehead atoms. The standard InChI is InChI=1S/C17H13ClN4OS2/c1-11-9-24-17-20-13(8-15(23)22(11)17)10-25-16-19-5-6-21(16)14-4-2-3-12(18)7-14/h2-9H,10H2,1H3. The van der Waals surface area contributed by atoms with E-state index in [1.165, 1.54) is 23.1 Å². The minimum absolute atomic E-state index is 0.0440. The highest BCUT2D eigenvalue weighted by Gasteiger charge is 2.10. The lowest BCUT2D eigenvalue weighted by molar-refractivity contribution is 0.893. The molecule has 0 radical (unpaired) electrons. The van der Waals surface area contributed by atoms with Crippen molar-refractivity contribution in [2.45, 2.75) is 17.8 Å². The smallest absolute Gasteiger partial charge is 0.258 e. The molecule has 3 aromatic heterocycles. The van der Waals surface area contributed by atoms with Gasteiger partial charge in [0.2, 0.25) is 0 Å². The Balaban J connectivity index is 1.61. The van der Waals surface area contributed by atoms with E-state index in [0.29, 0.717) is 10.8 Å². The Hall–Kier alpha value is -2.09. The van der Waals surface area contributed by atoms with Crippen LogP contribution in [0.1, 0.15) is 11.4 Å². The van der Waals surface area contributed by atoms with E-state index in [1.807, 2.05) is 47.3 Å². The molecule has 3 heterocycles. The van der Waals surface area contributed by atoms with Gasteiger partial charge in [-0.1, -0.05) is 29.4 Å². The van der Waals surface area contributed by atoms with Crippen LogP contribution in [0, 0.1) is 6.92 Å². The molecular weight excluding hydrogens is 376 g/mol. The van der Waals surface area contributed by atoms with E-state index in [9.17, 15) is 4.79 Å². The molecule has 0 aliphatic heterocycles. The zero-order valence-electron chi connectivity index (χ0n) is 13.2. The number of thiazole rings is 1. The van der Waals surface area contributed by atoms with E-state index < -0.39 is 0 Å². The fourth-order valence-electron chi connectivity index (χ4n) is 2.53. The van der Waals surface area contributed by atoms with E-state index in [4.69, 9.17) is 11.6 Å². The van der Waals surface area contributed by atoms with Gasteiger partial charge in [-0.25, -0.2) is 9.97 Å². The molecule has 5 nitrogen and oxygen atoms in total. The first-order valence-corrected chi connectivity index (χ1v) is 9.75. The molecule has 25 heavy (non-hydrogen) atoms. The number of fused-ring (bicyclic) bond motifs is 1. The van der Waals surface area contributed by atoms with Crippen LogP contribution in [-0.4, -0.2) is 18.9 Å². The first kappa shape index (κ1) is 16.4. The maximum atomic E-state index is 12.3. The Labute approximate surface area is 156 Å². The molecule has 0 saturated carbocycles. The summed E-state index contributed by atoms with van der Waals surface area (Å²) >= 11 is 9.08. The van der Waals surface area contributed by atoms with Crippen LogP contribution < -0.4 is 5.56 Å². The van der Waals surface area contributed by atoms with Crippen molar-refractivity contribution in [3.63, 3.8) is 0 Å². The van der Waals surface area contributed by atoms with Crippen LogP contribution in [0.5, 0.6) is 0 Å². The number of rotatable bonds is 4. The first-order valence-electron chi connectivity index (χ1n) is 7.51. The lowest BCUT2D eigenvalue weighted by atomic mass is 10.3. The van der Waals surface area contributed by atoms with Gasteiger partial charge in [0.15, 0.2) is 10.1 Å². The summed E-state index contributed by atoms with van der Waals surface area (Å²) in [7, 11) is 0. The van der Waals surface area contributed by atoms with Crippen molar-refractivity contribution >= 4 is 39.7 Å². The zero-order valence-corrected chi connectivity index (χ0v) is 15.6. The number of hydrogen-bond donors (Lipinski definition) is 0. The maximum absolute atomic E-state index is 12.3. The lowest BCUT2D eigenvalue weighted by Gasteiger charge is -2.07. The van der Waals surface area contributed by atoms with Crippen molar-refractivity contribution < 1.29 is 0 Å². The van der Waals surface area contributed by atoms with Gasteiger partial charge >= 0.3 is 0 Å². The van der Waals surface area contributed by atoms with Crippen molar-refractivity contribution in [2.24, 2.45) is 0 Å². The third-order valence-corrected chi connectivity index (χ3v) is 5.85. The molecule has 8 heteroatoms. The lowest BCUT2D eigenvalue weighted by Crippen LogP contribution is -2.14. The number of nitrogens with zero attached hydrogens (tertiary/aromatic N) is 4. The van der Waals surface area contributed by atoms with E-state index in [0.717, 1.165) is 27.2 Å². The fourth-order valence-corrected chi connectivity index (χ4v) is 4.47. The summed E-state index contributed by atoms with van der Waals surface area (Å²) in [6, 6.07) is 9.19. The summed E-state index contributed by atoms with van der Waals surface area (Å²) in [6.45, 7) is 1.91. The van der Waals surface area contributed by atoms with E-state index in [2.05, 4.69) is 9.97 Å². The van der Waals surface area contributed by atoms with Gasteiger partial charge in [-0.2, -0.15) is 0 Å². The number of thioether (sulfide) groups is 1. The predicted octanol–water partition coefficient (Wildman–Crippen LogP) is 4.20. The molecule has 0 fully saturated rings. The molecule has 0 saturated heterocycles. The largest absolute Gasteiger partial charge is 0.295 e. The molecule has 0 unspecified atom stereocenters. The average molecular weight is 389 g/mol. The number of aromatic nitrogens is 4. The van der Waals surface area contributed by atoms with Crippen molar-refractivity contribution in [3.8, 4) is 5.69 Å². The number of benzene rings is 1. The van der Waals surface area contributed by atoms with Gasteiger partial charge in [-0.15, -0.1) is 11.3 Å². The molecular formula is C17H13ClN4OS2. The Morgan fingerprint density at radius 2 is 2.20 bits per heavy atom. The van der Waals surface area contributed by atoms with Gasteiger partial charge in [0, 0.05) is 46.0 Å². The average Bonchev–Trinajstić information content (AvgIpc) is 3.20. The Morgan fingerprint density at radius 3 is 3.04 bits per heavy atom. The number of hydrogen-bond acceptors (Lipinski definition) is 5. The monoisotopic (exact) mass is 388 g/mol. The van der Waals surface area contributed by atoms with Crippen LogP contribution in [0.25, 0.3) is 10.6 Å². The SMILES string of the molecule is Cc1csc2nc(CSc3nccn3-c3cccc(Cl)c3)cc(=O)n12. The van der Waals surface area contributed by atoms with Crippen molar-refractivity contribution in [2.75, 3.05) is 0 Å². The van der Waals surface area contributed by atoms with Gasteiger partial charge in [-0.3, -0.25) is 13.8 Å². The predicted molar refractivity (Wildman–Crippen MR) is 102 cm³/mol. The van der Waals surface area contributed by atoms with Crippen LogP contribution in [0.15, 0.2) is 58.1 Å². The summed E-state index contributed by atoms with van der Waals surface area (Å²) in [5, 5.41) is 3.44. The molecule has 0 amide bonds. The number of imidazole rings is 1. The zero-order chi connectivity index (χ0) is 17.4. The minimum Gasteiger partial charge on any atom is -0.295 e. The maximum Gasteiger partial charge on any atom is 0.258 e. The van der Waals surface area contributed by atoms with Gasteiger partial charge < -0.3 is 0 Å². The highest BCUT2D eigenvalue weighted by Crippen LogP contribution is 2.25. The van der Waals surface area contributed by atoms with E-state index in [1.54, 1.807) is 16.7 Å². The fraction of sp³-hybridized carbons (Fsp3) is 0.118. The second-order valence-electron chi connectivity index (χ2n) is 5.43. The molecule has 126 valence electrons. The Kier molecular flexibility index (Phi) is 4.37. The second-order valence-corrected chi connectivity index (χ2v) is 7.64. The highest BCUT2D eigenvalue weighted by molar-refractivity contribution is 7.98. The quantitative estimate of drug-likeness (QED) is 0.492. The van der Waals surface area contributed by atoms with E-state index >= 15 is 0 Å². The normalized spacial score (nSPS) is 11.3. The summed E-state index contributed by atoms with van der Waals surface area (Å²) in [4.78, 5) is 22.0. The molecule has 0 atom stereocenters. The first-order chi connectivity index (χ1) is 12.1. The van der Waals surface area contributed by atoms with Crippen molar-refractivity contribution in [1.29, 1.82) is 0 Å². The second kappa shape index (κ2) is 6.67. The Bertz CT molecular complexity index is 1120. The third-order valence-electron chi connectivity index (χ3n) is 3.67. The molecule has 0 N–H and O–H groups in total. The van der Waals surface area contributed by atoms with E-state index in [-0.39, 0.29) is 5.56 Å². The molecule has 0 aliphatic rings. The summed E-state index contributed by atoms with van der Waals surface area (Å²) in [6.07, 6.45) is 3.64. The van der Waals surface area contributed by atoms with Crippen molar-refractivity contribution in [1.82, 2.24) is 18.9 Å². The number of aryl methyl sites for hydroxylation is 1. The molecule has 4 aromatic rings. The topological polar surface area (TPSA) is 52.2 Å². The van der Waals surface area contributed by atoms with Gasteiger partial charge in [0.05, 0.1) is 5.69 Å². The van der Waals surface area contributed by atoms with Gasteiger partial charge in [-0.05, 0) is 25.1 Å².